The summed E-state index contributed by atoms with van der Waals surface area (Å²) in [5.41, 5.74) is 0.571. The van der Waals surface area contributed by atoms with Gasteiger partial charge < -0.3 is 4.74 Å². The van der Waals surface area contributed by atoms with E-state index in [9.17, 15) is 12.8 Å². The van der Waals surface area contributed by atoms with Crippen LogP contribution in [0.5, 0.6) is 5.75 Å². The average molecular weight is 287 g/mol. The summed E-state index contributed by atoms with van der Waals surface area (Å²) in [6, 6.07) is 6.00. The number of rotatable bonds is 7. The van der Waals surface area contributed by atoms with Gasteiger partial charge in [-0.15, -0.1) is 0 Å². The number of hydrogen-bond donors (Lipinski definition) is 0. The molecule has 0 saturated heterocycles. The van der Waals surface area contributed by atoms with Crippen LogP contribution in [0.2, 0.25) is 0 Å². The number of halogens is 1. The summed E-state index contributed by atoms with van der Waals surface area (Å²) in [5.74, 6) is -0.438. The third-order valence-corrected chi connectivity index (χ3v) is 4.39. The van der Waals surface area contributed by atoms with Crippen molar-refractivity contribution in [2.75, 3.05) is 26.0 Å². The molecule has 0 saturated carbocycles. The molecule has 0 spiro atoms. The summed E-state index contributed by atoms with van der Waals surface area (Å²) in [7, 11) is -1.90. The summed E-state index contributed by atoms with van der Waals surface area (Å²) in [6.45, 7) is 5.48. The minimum Gasteiger partial charge on any atom is -0.489 e. The highest BCUT2D eigenvalue weighted by Gasteiger charge is 2.17. The molecular formula is C13H18FNO3S. The molecule has 0 aliphatic carbocycles. The first-order valence-electron chi connectivity index (χ1n) is 5.78. The number of likely N-dealkylation sites (N-methyl/N-ethyl adjacent to an activating group) is 1. The van der Waals surface area contributed by atoms with E-state index in [4.69, 9.17) is 4.74 Å². The molecule has 1 aromatic carbocycles. The van der Waals surface area contributed by atoms with Gasteiger partial charge in [-0.3, -0.25) is 0 Å². The van der Waals surface area contributed by atoms with Gasteiger partial charge in [0.1, 0.15) is 6.61 Å². The van der Waals surface area contributed by atoms with E-state index in [2.05, 4.69) is 6.58 Å². The molecule has 0 amide bonds. The maximum absolute atomic E-state index is 13.3. The van der Waals surface area contributed by atoms with Crippen molar-refractivity contribution in [3.05, 3.63) is 42.2 Å². The summed E-state index contributed by atoms with van der Waals surface area (Å²) < 4.78 is 43.2. The molecule has 6 heteroatoms. The van der Waals surface area contributed by atoms with E-state index in [1.807, 2.05) is 0 Å². The van der Waals surface area contributed by atoms with Gasteiger partial charge in [0.05, 0.1) is 5.75 Å². The highest BCUT2D eigenvalue weighted by Crippen LogP contribution is 2.15. The van der Waals surface area contributed by atoms with Gasteiger partial charge in [-0.25, -0.2) is 17.1 Å². The molecule has 1 rings (SSSR count). The second-order valence-electron chi connectivity index (χ2n) is 4.31. The molecule has 0 heterocycles. The molecule has 0 aromatic heterocycles. The van der Waals surface area contributed by atoms with E-state index >= 15 is 0 Å². The summed E-state index contributed by atoms with van der Waals surface area (Å²) in [5, 5.41) is 0. The molecule has 0 N–H and O–H groups in total. The van der Waals surface area contributed by atoms with Crippen LogP contribution in [0.1, 0.15) is 6.92 Å². The first-order valence-corrected chi connectivity index (χ1v) is 7.39. The molecule has 106 valence electrons. The Kier molecular flexibility index (Phi) is 5.50. The van der Waals surface area contributed by atoms with Crippen LogP contribution in [0.25, 0.3) is 0 Å². The predicted octanol–water partition coefficient (Wildman–Crippen LogP) is 2.04. The van der Waals surface area contributed by atoms with E-state index in [1.165, 1.54) is 23.5 Å². The van der Waals surface area contributed by atoms with Crippen LogP contribution in [0, 0.1) is 5.82 Å². The Morgan fingerprint density at radius 3 is 2.63 bits per heavy atom. The average Bonchev–Trinajstić information content (AvgIpc) is 2.29. The van der Waals surface area contributed by atoms with E-state index in [-0.39, 0.29) is 24.7 Å². The Morgan fingerprint density at radius 2 is 2.05 bits per heavy atom. The Labute approximate surface area is 113 Å². The molecule has 0 bridgehead atoms. The molecule has 0 radical (unpaired) electrons. The minimum atomic E-state index is -3.36. The molecular weight excluding hydrogens is 269 g/mol. The number of nitrogens with zero attached hydrogens (tertiary/aromatic N) is 1. The first kappa shape index (κ1) is 15.7. The van der Waals surface area contributed by atoms with E-state index in [0.29, 0.717) is 5.57 Å². The van der Waals surface area contributed by atoms with Crippen LogP contribution in [-0.4, -0.2) is 38.7 Å². The smallest absolute Gasteiger partial charge is 0.217 e. The van der Waals surface area contributed by atoms with Crippen molar-refractivity contribution in [3.8, 4) is 5.75 Å². The molecule has 0 aliphatic heterocycles. The maximum Gasteiger partial charge on any atom is 0.217 e. The molecule has 1 aromatic rings. The zero-order valence-electron chi connectivity index (χ0n) is 11.1. The highest BCUT2D eigenvalue weighted by molar-refractivity contribution is 7.89. The van der Waals surface area contributed by atoms with E-state index in [0.717, 1.165) is 0 Å². The molecule has 19 heavy (non-hydrogen) atoms. The molecule has 0 unspecified atom stereocenters. The third-order valence-electron chi connectivity index (χ3n) is 2.40. The lowest BCUT2D eigenvalue weighted by atomic mass is 10.3. The van der Waals surface area contributed by atoms with E-state index in [1.54, 1.807) is 19.1 Å². The fraction of sp³-hybridized carbons (Fsp3) is 0.385. The van der Waals surface area contributed by atoms with Crippen LogP contribution in [0.4, 0.5) is 4.39 Å². The molecule has 0 aliphatic rings. The zero-order chi connectivity index (χ0) is 14.5. The standard InChI is InChI=1S/C13H18FNO3S/c1-11(2)10-19(16,17)15(3)8-9-18-13-7-5-4-6-12(13)14/h4-7H,1,8-10H2,2-3H3. The van der Waals surface area contributed by atoms with Crippen molar-refractivity contribution in [2.45, 2.75) is 6.92 Å². The maximum atomic E-state index is 13.3. The first-order chi connectivity index (χ1) is 8.83. The lowest BCUT2D eigenvalue weighted by Gasteiger charge is -2.17. The van der Waals surface area contributed by atoms with Crippen molar-refractivity contribution in [1.82, 2.24) is 4.31 Å². The fourth-order valence-corrected chi connectivity index (χ4v) is 2.60. The highest BCUT2D eigenvalue weighted by atomic mass is 32.2. The Balaban J connectivity index is 2.49. The van der Waals surface area contributed by atoms with Crippen molar-refractivity contribution in [1.29, 1.82) is 0 Å². The number of ether oxygens (including phenoxy) is 1. The van der Waals surface area contributed by atoms with Gasteiger partial charge in [-0.05, 0) is 19.1 Å². The Hall–Kier alpha value is -1.40. The van der Waals surface area contributed by atoms with Crippen LogP contribution in [-0.2, 0) is 10.0 Å². The normalized spacial score (nSPS) is 11.6. The van der Waals surface area contributed by atoms with Crippen LogP contribution in [0.3, 0.4) is 0 Å². The van der Waals surface area contributed by atoms with Crippen molar-refractivity contribution in [3.63, 3.8) is 0 Å². The monoisotopic (exact) mass is 287 g/mol. The number of sulfonamides is 1. The second kappa shape index (κ2) is 6.68. The summed E-state index contributed by atoms with van der Waals surface area (Å²) in [6.07, 6.45) is 0. The van der Waals surface area contributed by atoms with Crippen LogP contribution >= 0.6 is 0 Å². The van der Waals surface area contributed by atoms with Gasteiger partial charge >= 0.3 is 0 Å². The Morgan fingerprint density at radius 1 is 1.42 bits per heavy atom. The number of hydrogen-bond acceptors (Lipinski definition) is 3. The van der Waals surface area contributed by atoms with Crippen molar-refractivity contribution in [2.24, 2.45) is 0 Å². The molecule has 0 atom stereocenters. The van der Waals surface area contributed by atoms with Crippen LogP contribution in [0.15, 0.2) is 36.4 Å². The van der Waals surface area contributed by atoms with Crippen molar-refractivity contribution >= 4 is 10.0 Å². The lowest BCUT2D eigenvalue weighted by molar-refractivity contribution is 0.275. The van der Waals surface area contributed by atoms with Gasteiger partial charge in [0.15, 0.2) is 11.6 Å². The zero-order valence-corrected chi connectivity index (χ0v) is 11.9. The number of benzene rings is 1. The minimum absolute atomic E-state index is 0.0901. The molecule has 4 nitrogen and oxygen atoms in total. The molecule has 0 fully saturated rings. The van der Waals surface area contributed by atoms with E-state index < -0.39 is 15.8 Å². The second-order valence-corrected chi connectivity index (χ2v) is 6.39. The van der Waals surface area contributed by atoms with Crippen molar-refractivity contribution < 1.29 is 17.5 Å². The van der Waals surface area contributed by atoms with Gasteiger partial charge in [0.25, 0.3) is 0 Å². The fourth-order valence-electron chi connectivity index (χ4n) is 1.41. The van der Waals surface area contributed by atoms with Gasteiger partial charge in [0, 0.05) is 13.6 Å². The lowest BCUT2D eigenvalue weighted by Crippen LogP contribution is -2.33. The summed E-state index contributed by atoms with van der Waals surface area (Å²) in [4.78, 5) is 0. The van der Waals surface area contributed by atoms with Gasteiger partial charge in [-0.1, -0.05) is 24.3 Å². The van der Waals surface area contributed by atoms with Gasteiger partial charge in [-0.2, -0.15) is 0 Å². The topological polar surface area (TPSA) is 46.6 Å². The number of para-hydroxylation sites is 1. The van der Waals surface area contributed by atoms with Crippen LogP contribution < -0.4 is 4.74 Å². The third kappa shape index (κ3) is 5.00. The SMILES string of the molecule is C=C(C)CS(=O)(=O)N(C)CCOc1ccccc1F. The van der Waals surface area contributed by atoms with Gasteiger partial charge in [0.2, 0.25) is 10.0 Å². The Bertz CT molecular complexity index is 543. The quantitative estimate of drug-likeness (QED) is 0.721. The predicted molar refractivity (Wildman–Crippen MR) is 73.1 cm³/mol. The largest absolute Gasteiger partial charge is 0.489 e. The summed E-state index contributed by atoms with van der Waals surface area (Å²) >= 11 is 0.